The molecule has 0 amide bonds. The third-order valence-electron chi connectivity index (χ3n) is 0.477. The fraction of sp³-hybridized carbons (Fsp3) is 0.600. The van der Waals surface area contributed by atoms with Crippen LogP contribution < -0.4 is 0 Å². The van der Waals surface area contributed by atoms with Crippen molar-refractivity contribution in [2.75, 3.05) is 7.11 Å². The van der Waals surface area contributed by atoms with Crippen LogP contribution in [0.25, 0.3) is 0 Å². The fourth-order valence-corrected chi connectivity index (χ4v) is 0. The molecule has 0 unspecified atom stereocenters. The van der Waals surface area contributed by atoms with E-state index < -0.39 is 12.1 Å². The molecule has 0 rings (SSSR count). The average molecular weight is 150 g/mol. The second-order valence-corrected chi connectivity index (χ2v) is 1.22. The standard InChI is InChI=1S/C3H6O2.C2H4O3/c1-2-3(4)5;1-5-2(3)4/h2H2,1H3,(H,4,5);1H3,(H,3,4). The van der Waals surface area contributed by atoms with Gasteiger partial charge in [0.25, 0.3) is 0 Å². The van der Waals surface area contributed by atoms with Crippen LogP contribution >= 0.6 is 0 Å². The van der Waals surface area contributed by atoms with Crippen molar-refractivity contribution >= 4 is 12.1 Å². The van der Waals surface area contributed by atoms with Crippen LogP contribution in [0.15, 0.2) is 0 Å². The number of aliphatic carboxylic acids is 1. The molecule has 0 aliphatic heterocycles. The normalized spacial score (nSPS) is 7.00. The minimum absolute atomic E-state index is 0.222. The Bertz CT molecular complexity index is 94.6. The van der Waals surface area contributed by atoms with Crippen LogP contribution in [0.3, 0.4) is 0 Å². The lowest BCUT2D eigenvalue weighted by molar-refractivity contribution is -0.136. The molecule has 0 aromatic heterocycles. The molecule has 0 saturated heterocycles. The maximum absolute atomic E-state index is 9.37. The lowest BCUT2D eigenvalue weighted by Crippen LogP contribution is -1.91. The highest BCUT2D eigenvalue weighted by Crippen LogP contribution is 1.67. The van der Waals surface area contributed by atoms with Crippen LogP contribution in [0.2, 0.25) is 0 Å². The molecule has 5 nitrogen and oxygen atoms in total. The molecule has 60 valence electrons. The van der Waals surface area contributed by atoms with Crippen LogP contribution in [0, 0.1) is 0 Å². The summed E-state index contributed by atoms with van der Waals surface area (Å²) >= 11 is 0. The highest BCUT2D eigenvalue weighted by molar-refractivity contribution is 5.66. The summed E-state index contributed by atoms with van der Waals surface area (Å²) in [4.78, 5) is 18.5. The second-order valence-electron chi connectivity index (χ2n) is 1.22. The minimum atomic E-state index is -1.25. The van der Waals surface area contributed by atoms with Crippen LogP contribution in [0.4, 0.5) is 4.79 Å². The molecule has 0 atom stereocenters. The van der Waals surface area contributed by atoms with Crippen molar-refractivity contribution in [2.45, 2.75) is 13.3 Å². The Kier molecular flexibility index (Phi) is 8.92. The van der Waals surface area contributed by atoms with Gasteiger partial charge in [-0.25, -0.2) is 4.79 Å². The topological polar surface area (TPSA) is 83.8 Å². The van der Waals surface area contributed by atoms with Gasteiger partial charge in [0.1, 0.15) is 0 Å². The first kappa shape index (κ1) is 11.5. The summed E-state index contributed by atoms with van der Waals surface area (Å²) in [6.07, 6.45) is -1.02. The summed E-state index contributed by atoms with van der Waals surface area (Å²) in [5.41, 5.74) is 0. The number of rotatable bonds is 1. The number of methoxy groups -OCH3 is 1. The SMILES string of the molecule is CCC(=O)O.COC(=O)O. The molecule has 0 heterocycles. The molecule has 5 heteroatoms. The quantitative estimate of drug-likeness (QED) is 0.540. The molecule has 0 saturated carbocycles. The smallest absolute Gasteiger partial charge is 0.481 e. The Morgan fingerprint density at radius 2 is 1.60 bits per heavy atom. The number of carboxylic acid groups (broad SMARTS) is 2. The Morgan fingerprint density at radius 1 is 1.40 bits per heavy atom. The van der Waals surface area contributed by atoms with Gasteiger partial charge in [-0.1, -0.05) is 6.92 Å². The predicted molar refractivity (Wildman–Crippen MR) is 33.0 cm³/mol. The Labute approximate surface area is 58.2 Å². The summed E-state index contributed by atoms with van der Waals surface area (Å²) in [6.45, 7) is 1.60. The van der Waals surface area contributed by atoms with E-state index in [1.165, 1.54) is 0 Å². The molecule has 0 aromatic rings. The number of ether oxygens (including phenoxy) is 1. The van der Waals surface area contributed by atoms with Crippen molar-refractivity contribution in [1.29, 1.82) is 0 Å². The number of carbonyl (C=O) groups is 2. The third kappa shape index (κ3) is 29.6. The Morgan fingerprint density at radius 3 is 1.60 bits per heavy atom. The highest BCUT2D eigenvalue weighted by atomic mass is 16.6. The fourth-order valence-electron chi connectivity index (χ4n) is 0. The van der Waals surface area contributed by atoms with E-state index in [-0.39, 0.29) is 6.42 Å². The highest BCUT2D eigenvalue weighted by Gasteiger charge is 1.81. The monoisotopic (exact) mass is 150 g/mol. The van der Waals surface area contributed by atoms with Crippen LogP contribution in [-0.2, 0) is 9.53 Å². The minimum Gasteiger partial charge on any atom is -0.481 e. The maximum Gasteiger partial charge on any atom is 0.505 e. The predicted octanol–water partition coefficient (Wildman–Crippen LogP) is 0.792. The van der Waals surface area contributed by atoms with Crippen molar-refractivity contribution in [3.05, 3.63) is 0 Å². The van der Waals surface area contributed by atoms with E-state index in [4.69, 9.17) is 15.0 Å². The zero-order valence-electron chi connectivity index (χ0n) is 5.83. The van der Waals surface area contributed by atoms with E-state index in [2.05, 4.69) is 4.74 Å². The van der Waals surface area contributed by atoms with Gasteiger partial charge < -0.3 is 14.9 Å². The lowest BCUT2D eigenvalue weighted by atomic mass is 10.5. The number of hydrogen-bond acceptors (Lipinski definition) is 3. The molecule has 0 bridgehead atoms. The van der Waals surface area contributed by atoms with E-state index in [1.54, 1.807) is 6.92 Å². The summed E-state index contributed by atoms with van der Waals surface area (Å²) in [7, 11) is 1.10. The average Bonchev–Trinajstić information content (AvgIpc) is 1.89. The van der Waals surface area contributed by atoms with Crippen molar-refractivity contribution in [2.24, 2.45) is 0 Å². The molecule has 0 aliphatic carbocycles. The van der Waals surface area contributed by atoms with Crippen molar-refractivity contribution in [1.82, 2.24) is 0 Å². The molecular weight excluding hydrogens is 140 g/mol. The van der Waals surface area contributed by atoms with E-state index in [9.17, 15) is 4.79 Å². The number of hydrogen-bond donors (Lipinski definition) is 2. The van der Waals surface area contributed by atoms with Crippen molar-refractivity contribution in [3.63, 3.8) is 0 Å². The first-order valence-corrected chi connectivity index (χ1v) is 2.53. The summed E-state index contributed by atoms with van der Waals surface area (Å²) in [5, 5.41) is 15.2. The summed E-state index contributed by atoms with van der Waals surface area (Å²) in [5.74, 6) is -0.745. The molecular formula is C5H10O5. The summed E-state index contributed by atoms with van der Waals surface area (Å²) in [6, 6.07) is 0. The summed E-state index contributed by atoms with van der Waals surface area (Å²) < 4.78 is 3.67. The van der Waals surface area contributed by atoms with Crippen LogP contribution in [-0.4, -0.2) is 29.4 Å². The third-order valence-corrected chi connectivity index (χ3v) is 0.477. The van der Waals surface area contributed by atoms with Gasteiger partial charge >= 0.3 is 12.1 Å². The van der Waals surface area contributed by atoms with Gasteiger partial charge in [-0.05, 0) is 0 Å². The van der Waals surface area contributed by atoms with Gasteiger partial charge in [0.05, 0.1) is 7.11 Å². The van der Waals surface area contributed by atoms with Crippen molar-refractivity contribution in [3.8, 4) is 0 Å². The van der Waals surface area contributed by atoms with Gasteiger partial charge in [-0.3, -0.25) is 4.79 Å². The Hall–Kier alpha value is -1.26. The maximum atomic E-state index is 9.37. The van der Waals surface area contributed by atoms with Gasteiger partial charge in [0.15, 0.2) is 0 Å². The molecule has 0 aliphatic rings. The van der Waals surface area contributed by atoms with E-state index >= 15 is 0 Å². The molecule has 2 N–H and O–H groups in total. The van der Waals surface area contributed by atoms with Crippen LogP contribution in [0.1, 0.15) is 13.3 Å². The first-order valence-electron chi connectivity index (χ1n) is 2.53. The zero-order chi connectivity index (χ0) is 8.57. The van der Waals surface area contributed by atoms with Crippen molar-refractivity contribution < 1.29 is 24.5 Å². The van der Waals surface area contributed by atoms with E-state index in [0.29, 0.717) is 0 Å². The molecule has 10 heavy (non-hydrogen) atoms. The second kappa shape index (κ2) is 7.74. The van der Waals surface area contributed by atoms with Gasteiger partial charge in [0, 0.05) is 6.42 Å². The van der Waals surface area contributed by atoms with Gasteiger partial charge in [0.2, 0.25) is 0 Å². The molecule has 0 aromatic carbocycles. The van der Waals surface area contributed by atoms with Gasteiger partial charge in [-0.2, -0.15) is 0 Å². The van der Waals surface area contributed by atoms with Crippen LogP contribution in [0.5, 0.6) is 0 Å². The molecule has 0 fully saturated rings. The van der Waals surface area contributed by atoms with E-state index in [1.807, 2.05) is 0 Å². The number of carboxylic acids is 1. The molecule has 0 radical (unpaired) electrons. The molecule has 0 spiro atoms. The first-order chi connectivity index (χ1) is 4.54. The lowest BCUT2D eigenvalue weighted by Gasteiger charge is -1.79. The Balaban J connectivity index is 0. The van der Waals surface area contributed by atoms with E-state index in [0.717, 1.165) is 7.11 Å². The zero-order valence-corrected chi connectivity index (χ0v) is 5.83. The van der Waals surface area contributed by atoms with Gasteiger partial charge in [-0.15, -0.1) is 0 Å². The largest absolute Gasteiger partial charge is 0.505 e.